The van der Waals surface area contributed by atoms with Gasteiger partial charge in [-0.3, -0.25) is 14.9 Å². The van der Waals surface area contributed by atoms with E-state index in [1.807, 2.05) is 25.1 Å². The molecular weight excluding hydrogens is 441 g/mol. The minimum atomic E-state index is -0.879. The molecule has 0 radical (unpaired) electrons. The predicted octanol–water partition coefficient (Wildman–Crippen LogP) is 3.80. The first-order chi connectivity index (χ1) is 14.9. The Hall–Kier alpha value is -2.87. The van der Waals surface area contributed by atoms with Gasteiger partial charge in [0.05, 0.1) is 28.9 Å². The van der Waals surface area contributed by atoms with E-state index >= 15 is 0 Å². The van der Waals surface area contributed by atoms with Crippen molar-refractivity contribution in [2.75, 3.05) is 36.1 Å². The van der Waals surface area contributed by atoms with Crippen LogP contribution in [0.25, 0.3) is 6.08 Å². The van der Waals surface area contributed by atoms with Crippen LogP contribution < -0.4 is 15.1 Å². The molecule has 0 bridgehead atoms. The van der Waals surface area contributed by atoms with Crippen LogP contribution in [0, 0.1) is 6.92 Å². The molecule has 0 unspecified atom stereocenters. The summed E-state index contributed by atoms with van der Waals surface area (Å²) in [5, 5.41) is 2.43. The van der Waals surface area contributed by atoms with E-state index < -0.39 is 17.8 Å². The van der Waals surface area contributed by atoms with Crippen molar-refractivity contribution in [3.63, 3.8) is 0 Å². The molecule has 0 spiro atoms. The Morgan fingerprint density at radius 1 is 1.06 bits per heavy atom. The van der Waals surface area contributed by atoms with Gasteiger partial charge in [0, 0.05) is 18.8 Å². The van der Waals surface area contributed by atoms with Crippen molar-refractivity contribution in [2.45, 2.75) is 6.92 Å². The van der Waals surface area contributed by atoms with Crippen LogP contribution in [0.15, 0.2) is 42.0 Å². The molecule has 0 saturated carbocycles. The molecular formula is C22H19Cl2N3O4. The fourth-order valence-electron chi connectivity index (χ4n) is 3.54. The van der Waals surface area contributed by atoms with Gasteiger partial charge in [-0.2, -0.15) is 0 Å². The van der Waals surface area contributed by atoms with Crippen molar-refractivity contribution in [3.8, 4) is 0 Å². The van der Waals surface area contributed by atoms with Crippen molar-refractivity contribution >= 4 is 58.5 Å². The van der Waals surface area contributed by atoms with E-state index in [1.54, 1.807) is 12.1 Å². The molecule has 2 aromatic carbocycles. The fourth-order valence-corrected chi connectivity index (χ4v) is 3.92. The largest absolute Gasteiger partial charge is 0.378 e. The van der Waals surface area contributed by atoms with Gasteiger partial charge >= 0.3 is 6.03 Å². The van der Waals surface area contributed by atoms with Gasteiger partial charge in [0.25, 0.3) is 11.8 Å². The summed E-state index contributed by atoms with van der Waals surface area (Å²) in [7, 11) is 0. The zero-order chi connectivity index (χ0) is 22.1. The number of anilines is 2. The monoisotopic (exact) mass is 459 g/mol. The maximum atomic E-state index is 13.1. The van der Waals surface area contributed by atoms with Crippen LogP contribution in [0.5, 0.6) is 0 Å². The summed E-state index contributed by atoms with van der Waals surface area (Å²) in [5.74, 6) is -1.53. The predicted molar refractivity (Wildman–Crippen MR) is 120 cm³/mol. The minimum absolute atomic E-state index is 0.0485. The molecule has 2 heterocycles. The highest BCUT2D eigenvalue weighted by Gasteiger charge is 2.38. The van der Waals surface area contributed by atoms with E-state index in [0.717, 1.165) is 29.2 Å². The van der Waals surface area contributed by atoms with Crippen LogP contribution in [0.1, 0.15) is 11.1 Å². The molecule has 0 aliphatic carbocycles. The van der Waals surface area contributed by atoms with Gasteiger partial charge < -0.3 is 9.64 Å². The molecule has 2 saturated heterocycles. The number of nitrogens with one attached hydrogen (secondary N) is 1. The molecule has 2 aromatic rings. The number of barbiturate groups is 1. The first kappa shape index (κ1) is 21.4. The van der Waals surface area contributed by atoms with E-state index in [2.05, 4.69) is 10.2 Å². The molecule has 2 fully saturated rings. The lowest BCUT2D eigenvalue weighted by Gasteiger charge is -2.29. The summed E-state index contributed by atoms with van der Waals surface area (Å²) < 4.78 is 5.39. The third-order valence-corrected chi connectivity index (χ3v) is 6.01. The van der Waals surface area contributed by atoms with Gasteiger partial charge in [0.15, 0.2) is 0 Å². The Bertz CT molecular complexity index is 1110. The van der Waals surface area contributed by atoms with E-state index in [9.17, 15) is 14.4 Å². The number of hydrogen-bond acceptors (Lipinski definition) is 5. The van der Waals surface area contributed by atoms with Crippen LogP contribution in [0.3, 0.4) is 0 Å². The summed E-state index contributed by atoms with van der Waals surface area (Å²) in [4.78, 5) is 41.0. The highest BCUT2D eigenvalue weighted by Crippen LogP contribution is 2.34. The van der Waals surface area contributed by atoms with E-state index in [-0.39, 0.29) is 21.3 Å². The molecule has 2 aliphatic rings. The number of imide groups is 2. The number of morpholine rings is 1. The van der Waals surface area contributed by atoms with Gasteiger partial charge in [-0.25, -0.2) is 9.69 Å². The van der Waals surface area contributed by atoms with Crippen LogP contribution in [-0.2, 0) is 14.3 Å². The van der Waals surface area contributed by atoms with Gasteiger partial charge in [-0.1, -0.05) is 35.3 Å². The number of benzene rings is 2. The third kappa shape index (κ3) is 4.17. The number of amides is 4. The van der Waals surface area contributed by atoms with E-state index in [4.69, 9.17) is 27.9 Å². The van der Waals surface area contributed by atoms with Crippen LogP contribution >= 0.6 is 23.2 Å². The van der Waals surface area contributed by atoms with Gasteiger partial charge in [-0.05, 0) is 48.4 Å². The molecule has 0 aromatic heterocycles. The van der Waals surface area contributed by atoms with Crippen LogP contribution in [0.4, 0.5) is 16.2 Å². The summed E-state index contributed by atoms with van der Waals surface area (Å²) in [6.07, 6.45) is 1.48. The number of aryl methyl sites for hydroxylation is 1. The number of urea groups is 1. The average molecular weight is 460 g/mol. The zero-order valence-electron chi connectivity index (χ0n) is 16.7. The zero-order valence-corrected chi connectivity index (χ0v) is 18.2. The Morgan fingerprint density at radius 3 is 2.52 bits per heavy atom. The highest BCUT2D eigenvalue weighted by atomic mass is 35.5. The van der Waals surface area contributed by atoms with Crippen molar-refractivity contribution in [3.05, 3.63) is 63.1 Å². The average Bonchev–Trinajstić information content (AvgIpc) is 2.75. The Morgan fingerprint density at radius 2 is 1.81 bits per heavy atom. The van der Waals surface area contributed by atoms with Crippen molar-refractivity contribution in [2.24, 2.45) is 0 Å². The Labute approximate surface area is 189 Å². The number of carbonyl (C=O) groups is 3. The molecule has 0 atom stereocenters. The topological polar surface area (TPSA) is 79.0 Å². The van der Waals surface area contributed by atoms with Crippen molar-refractivity contribution < 1.29 is 19.1 Å². The number of carbonyl (C=O) groups excluding carboxylic acids is 3. The Kier molecular flexibility index (Phi) is 6.00. The lowest BCUT2D eigenvalue weighted by atomic mass is 10.0. The molecule has 7 nitrogen and oxygen atoms in total. The molecule has 2 aliphatic heterocycles. The molecule has 160 valence electrons. The molecule has 4 rings (SSSR count). The lowest BCUT2D eigenvalue weighted by Crippen LogP contribution is -2.54. The molecule has 31 heavy (non-hydrogen) atoms. The smallest absolute Gasteiger partial charge is 0.336 e. The number of ether oxygens (including phenoxy) is 1. The summed E-state index contributed by atoms with van der Waals surface area (Å²) in [6.45, 7) is 4.86. The molecule has 4 amide bonds. The molecule has 1 N–H and O–H groups in total. The number of rotatable bonds is 3. The maximum absolute atomic E-state index is 13.1. The number of halogens is 2. The van der Waals surface area contributed by atoms with Crippen LogP contribution in [-0.4, -0.2) is 44.1 Å². The standard InChI is InChI=1S/C22H19Cl2N3O4/c1-13-11-15(26-7-9-31-10-8-26)6-5-14(13)12-16-20(28)25-22(30)27(21(16)29)18-4-2-3-17(23)19(18)24/h2-6,11-12H,7-10H2,1H3,(H,25,28,30)/b16-12+. The quantitative estimate of drug-likeness (QED) is 0.557. The summed E-state index contributed by atoms with van der Waals surface area (Å²) >= 11 is 12.2. The summed E-state index contributed by atoms with van der Waals surface area (Å²) in [6, 6.07) is 9.50. The first-order valence-electron chi connectivity index (χ1n) is 9.65. The lowest BCUT2D eigenvalue weighted by molar-refractivity contribution is -0.122. The second kappa shape index (κ2) is 8.70. The minimum Gasteiger partial charge on any atom is -0.378 e. The number of nitrogens with zero attached hydrogens (tertiary/aromatic N) is 2. The Balaban J connectivity index is 1.68. The third-order valence-electron chi connectivity index (χ3n) is 5.20. The molecule has 9 heteroatoms. The first-order valence-corrected chi connectivity index (χ1v) is 10.4. The van der Waals surface area contributed by atoms with Crippen LogP contribution in [0.2, 0.25) is 10.0 Å². The van der Waals surface area contributed by atoms with Gasteiger partial charge in [0.2, 0.25) is 0 Å². The van der Waals surface area contributed by atoms with Crippen molar-refractivity contribution in [1.82, 2.24) is 5.32 Å². The SMILES string of the molecule is Cc1cc(N2CCOCC2)ccc1/C=C1\C(=O)NC(=O)N(c2cccc(Cl)c2Cl)C1=O. The summed E-state index contributed by atoms with van der Waals surface area (Å²) in [5.41, 5.74) is 2.57. The maximum Gasteiger partial charge on any atom is 0.336 e. The highest BCUT2D eigenvalue weighted by molar-refractivity contribution is 6.46. The second-order valence-electron chi connectivity index (χ2n) is 7.17. The van der Waals surface area contributed by atoms with Gasteiger partial charge in [-0.15, -0.1) is 0 Å². The van der Waals surface area contributed by atoms with Crippen molar-refractivity contribution in [1.29, 1.82) is 0 Å². The van der Waals surface area contributed by atoms with E-state index in [1.165, 1.54) is 12.1 Å². The van der Waals surface area contributed by atoms with Gasteiger partial charge in [0.1, 0.15) is 5.57 Å². The number of hydrogen-bond donors (Lipinski definition) is 1. The van der Waals surface area contributed by atoms with E-state index in [0.29, 0.717) is 18.8 Å². The second-order valence-corrected chi connectivity index (χ2v) is 7.96. The normalized spacial score (nSPS) is 18.5. The fraction of sp³-hybridized carbons (Fsp3) is 0.227.